The van der Waals surface area contributed by atoms with Gasteiger partial charge in [0, 0.05) is 16.5 Å². The molecule has 4 nitrogen and oxygen atoms in total. The van der Waals surface area contributed by atoms with Crippen LogP contribution in [0.2, 0.25) is 15.1 Å². The minimum atomic E-state index is -0.158. The van der Waals surface area contributed by atoms with Crippen molar-refractivity contribution in [3.8, 4) is 11.3 Å². The first-order chi connectivity index (χ1) is 15.5. The van der Waals surface area contributed by atoms with Gasteiger partial charge in [0.1, 0.15) is 6.54 Å². The van der Waals surface area contributed by atoms with Gasteiger partial charge in [-0.2, -0.15) is 0 Å². The van der Waals surface area contributed by atoms with Gasteiger partial charge in [-0.1, -0.05) is 83.3 Å². The lowest BCUT2D eigenvalue weighted by atomic mass is 10.0. The van der Waals surface area contributed by atoms with Crippen LogP contribution in [0.4, 0.5) is 0 Å². The molecule has 0 fully saturated rings. The number of hydrogen-bond acceptors (Lipinski definition) is 2. The maximum Gasteiger partial charge on any atom is 0.252 e. The molecule has 4 rings (SSSR count). The summed E-state index contributed by atoms with van der Waals surface area (Å²) in [6.07, 6.45) is 0. The maximum absolute atomic E-state index is 13.0. The normalized spacial score (nSPS) is 11.0. The van der Waals surface area contributed by atoms with Crippen LogP contribution in [0, 0.1) is 0 Å². The fourth-order valence-corrected chi connectivity index (χ4v) is 4.12. The highest BCUT2D eigenvalue weighted by Gasteiger charge is 2.17. The molecule has 32 heavy (non-hydrogen) atoms. The number of fused-ring (bicyclic) bond motifs is 1. The highest BCUT2D eigenvalue weighted by Crippen LogP contribution is 2.38. The predicted octanol–water partition coefficient (Wildman–Crippen LogP) is 5.36. The van der Waals surface area contributed by atoms with Crippen molar-refractivity contribution >= 4 is 51.6 Å². The van der Waals surface area contributed by atoms with Gasteiger partial charge in [-0.25, -0.2) is 4.98 Å². The van der Waals surface area contributed by atoms with Crippen molar-refractivity contribution in [1.29, 1.82) is 0 Å². The Bertz CT molecular complexity index is 1260. The fourth-order valence-electron chi connectivity index (χ4n) is 3.49. The molecule has 7 heteroatoms. The van der Waals surface area contributed by atoms with Crippen molar-refractivity contribution < 1.29 is 10.1 Å². The molecule has 3 aromatic carbocycles. The number of nitrogens with two attached hydrogens (primary N) is 1. The molecule has 0 aliphatic heterocycles. The summed E-state index contributed by atoms with van der Waals surface area (Å²) in [5.74, 6) is -0.158. The average molecular weight is 486 g/mol. The van der Waals surface area contributed by atoms with Crippen molar-refractivity contribution in [3.63, 3.8) is 0 Å². The van der Waals surface area contributed by atoms with Crippen molar-refractivity contribution in [1.82, 2.24) is 10.3 Å². The van der Waals surface area contributed by atoms with Crippen LogP contribution < -0.4 is 10.6 Å². The molecule has 0 aliphatic carbocycles. The molecular formula is C25H21Cl3N3O+. The summed E-state index contributed by atoms with van der Waals surface area (Å²) in [6.45, 7) is 2.19. The average Bonchev–Trinajstić information content (AvgIpc) is 2.82. The number of halogens is 3. The van der Waals surface area contributed by atoms with Crippen molar-refractivity contribution in [2.75, 3.05) is 13.1 Å². The van der Waals surface area contributed by atoms with Crippen LogP contribution in [-0.2, 0) is 6.54 Å². The van der Waals surface area contributed by atoms with E-state index in [0.717, 1.165) is 18.5 Å². The molecule has 0 spiro atoms. The lowest BCUT2D eigenvalue weighted by Crippen LogP contribution is -2.84. The van der Waals surface area contributed by atoms with Crippen LogP contribution in [0.15, 0.2) is 72.8 Å². The van der Waals surface area contributed by atoms with Crippen LogP contribution >= 0.6 is 34.8 Å². The van der Waals surface area contributed by atoms with E-state index in [-0.39, 0.29) is 10.9 Å². The molecule has 162 valence electrons. The van der Waals surface area contributed by atoms with E-state index < -0.39 is 0 Å². The highest BCUT2D eigenvalue weighted by atomic mass is 35.5. The summed E-state index contributed by atoms with van der Waals surface area (Å²) in [7, 11) is 0. The van der Waals surface area contributed by atoms with Gasteiger partial charge in [0.2, 0.25) is 0 Å². The Labute approximate surface area is 201 Å². The van der Waals surface area contributed by atoms with E-state index in [1.165, 1.54) is 5.56 Å². The summed E-state index contributed by atoms with van der Waals surface area (Å²) >= 11 is 18.7. The minimum absolute atomic E-state index is 0.158. The second-order valence-corrected chi connectivity index (χ2v) is 8.48. The number of pyridine rings is 1. The topological polar surface area (TPSA) is 58.6 Å². The zero-order valence-corrected chi connectivity index (χ0v) is 19.4. The summed E-state index contributed by atoms with van der Waals surface area (Å²) in [5.41, 5.74) is 3.68. The van der Waals surface area contributed by atoms with Gasteiger partial charge >= 0.3 is 0 Å². The van der Waals surface area contributed by atoms with Gasteiger partial charge in [-0.05, 0) is 24.3 Å². The largest absolute Gasteiger partial charge is 0.346 e. The van der Waals surface area contributed by atoms with Gasteiger partial charge in [-0.15, -0.1) is 0 Å². The Morgan fingerprint density at radius 3 is 2.47 bits per heavy atom. The zero-order chi connectivity index (χ0) is 22.5. The lowest BCUT2D eigenvalue weighted by Gasteiger charge is -2.12. The van der Waals surface area contributed by atoms with Gasteiger partial charge in [0.15, 0.2) is 0 Å². The van der Waals surface area contributed by atoms with E-state index in [2.05, 4.69) is 22.8 Å². The number of amides is 1. The van der Waals surface area contributed by atoms with Gasteiger partial charge in [-0.3, -0.25) is 4.79 Å². The molecule has 0 saturated heterocycles. The molecule has 0 bridgehead atoms. The number of carbonyl (C=O) groups excluding carboxylic acids is 1. The second-order valence-electron chi connectivity index (χ2n) is 7.32. The summed E-state index contributed by atoms with van der Waals surface area (Å²) in [6, 6.07) is 22.9. The number of benzene rings is 3. The van der Waals surface area contributed by atoms with E-state index in [4.69, 9.17) is 39.8 Å². The van der Waals surface area contributed by atoms with Crippen molar-refractivity contribution in [2.45, 2.75) is 6.54 Å². The number of hydrogen-bond donors (Lipinski definition) is 2. The molecule has 0 radical (unpaired) electrons. The number of aromatic nitrogens is 1. The number of nitrogens with one attached hydrogen (secondary N) is 1. The van der Waals surface area contributed by atoms with Crippen molar-refractivity contribution in [2.24, 2.45) is 0 Å². The van der Waals surface area contributed by atoms with E-state index in [9.17, 15) is 4.79 Å². The molecule has 0 atom stereocenters. The predicted molar refractivity (Wildman–Crippen MR) is 131 cm³/mol. The Kier molecular flexibility index (Phi) is 7.28. The molecule has 1 aromatic heterocycles. The van der Waals surface area contributed by atoms with Gasteiger partial charge in [0.25, 0.3) is 5.91 Å². The fraction of sp³-hybridized carbons (Fsp3) is 0.120. The Morgan fingerprint density at radius 1 is 0.906 bits per heavy atom. The maximum atomic E-state index is 13.0. The molecule has 0 unspecified atom stereocenters. The third-order valence-electron chi connectivity index (χ3n) is 5.13. The first-order valence-corrected chi connectivity index (χ1v) is 11.4. The quantitative estimate of drug-likeness (QED) is 0.274. The van der Waals surface area contributed by atoms with Crippen LogP contribution in [-0.4, -0.2) is 24.0 Å². The number of quaternary nitrogens is 1. The Hall–Kier alpha value is -2.63. The number of carbonyl (C=O) groups is 1. The lowest BCUT2D eigenvalue weighted by molar-refractivity contribution is -0.668. The number of para-hydroxylation sites is 1. The van der Waals surface area contributed by atoms with Crippen LogP contribution in [0.25, 0.3) is 22.2 Å². The highest BCUT2D eigenvalue weighted by molar-refractivity contribution is 6.49. The standard InChI is InChI=1S/C25H20Cl3N3O/c26-20-11-10-18(23(27)24(20)28)22-14-19(17-8-4-5-9-21(17)31-22)25(32)30-13-12-29-15-16-6-2-1-3-7-16/h1-11,14,29H,12-13,15H2,(H,30,32)/p+1. The molecule has 0 aliphatic rings. The monoisotopic (exact) mass is 484 g/mol. The van der Waals surface area contributed by atoms with E-state index in [1.54, 1.807) is 18.2 Å². The SMILES string of the molecule is O=C(NCC[NH2+]Cc1ccccc1)c1cc(-c2ccc(Cl)c(Cl)c2Cl)nc2ccccc12. The van der Waals surface area contributed by atoms with E-state index in [1.807, 2.05) is 42.5 Å². The number of nitrogens with zero attached hydrogens (tertiary/aromatic N) is 1. The number of rotatable bonds is 7. The van der Waals surface area contributed by atoms with E-state index in [0.29, 0.717) is 38.9 Å². The zero-order valence-electron chi connectivity index (χ0n) is 17.1. The van der Waals surface area contributed by atoms with Crippen LogP contribution in [0.1, 0.15) is 15.9 Å². The Balaban J connectivity index is 1.54. The smallest absolute Gasteiger partial charge is 0.252 e. The van der Waals surface area contributed by atoms with E-state index >= 15 is 0 Å². The Morgan fingerprint density at radius 2 is 1.66 bits per heavy atom. The van der Waals surface area contributed by atoms with Crippen LogP contribution in [0.5, 0.6) is 0 Å². The molecular weight excluding hydrogens is 465 g/mol. The van der Waals surface area contributed by atoms with Gasteiger partial charge in [0.05, 0.1) is 44.9 Å². The molecule has 1 heterocycles. The minimum Gasteiger partial charge on any atom is -0.346 e. The molecule has 4 aromatic rings. The molecule has 0 saturated carbocycles. The van der Waals surface area contributed by atoms with Crippen molar-refractivity contribution in [3.05, 3.63) is 99.0 Å². The summed E-state index contributed by atoms with van der Waals surface area (Å²) < 4.78 is 0. The molecule has 1 amide bonds. The third-order valence-corrected chi connectivity index (χ3v) is 6.42. The first kappa shape index (κ1) is 22.6. The first-order valence-electron chi connectivity index (χ1n) is 10.2. The summed E-state index contributed by atoms with van der Waals surface area (Å²) in [5, 5.41) is 6.90. The van der Waals surface area contributed by atoms with Crippen LogP contribution in [0.3, 0.4) is 0 Å². The third kappa shape index (κ3) is 5.05. The van der Waals surface area contributed by atoms with Gasteiger partial charge < -0.3 is 10.6 Å². The summed E-state index contributed by atoms with van der Waals surface area (Å²) in [4.78, 5) is 17.7. The second kappa shape index (κ2) is 10.3. The molecule has 3 N–H and O–H groups in total.